The average Bonchev–Trinajstić information content (AvgIpc) is 2.56. The van der Waals surface area contributed by atoms with Crippen LogP contribution in [0.15, 0.2) is 30.3 Å². The Labute approximate surface area is 147 Å². The van der Waals surface area contributed by atoms with E-state index in [0.29, 0.717) is 19.6 Å². The molecule has 0 spiro atoms. The molecule has 1 aromatic rings. The molecule has 0 aliphatic heterocycles. The molecule has 2 atom stereocenters. The van der Waals surface area contributed by atoms with Crippen molar-refractivity contribution in [3.63, 3.8) is 0 Å². The number of hydrogen-bond donors (Lipinski definition) is 1. The lowest BCUT2D eigenvalue weighted by Gasteiger charge is -2.30. The van der Waals surface area contributed by atoms with Gasteiger partial charge in [0.2, 0.25) is 0 Å². The van der Waals surface area contributed by atoms with Crippen LogP contribution in [0.25, 0.3) is 0 Å². The summed E-state index contributed by atoms with van der Waals surface area (Å²) >= 11 is 0. The third-order valence-corrected chi connectivity index (χ3v) is 6.63. The molecule has 0 amide bonds. The van der Waals surface area contributed by atoms with E-state index in [4.69, 9.17) is 9.05 Å². The van der Waals surface area contributed by atoms with E-state index >= 15 is 0 Å². The van der Waals surface area contributed by atoms with Gasteiger partial charge in [0.05, 0.1) is 19.3 Å². The standard InChI is InChI=1S/C19H33O4P/c1-4-7-8-9-13-16-18(20)19(17-14-11-10-12-15-17)24(21,22-5-2)23-6-3/h10-12,14-15,18-20H,4-9,13,16H2,1-3H3. The van der Waals surface area contributed by atoms with Gasteiger partial charge < -0.3 is 14.2 Å². The molecule has 2 unspecified atom stereocenters. The van der Waals surface area contributed by atoms with Gasteiger partial charge in [-0.2, -0.15) is 0 Å². The Morgan fingerprint density at radius 1 is 0.958 bits per heavy atom. The molecule has 138 valence electrons. The van der Waals surface area contributed by atoms with Crippen LogP contribution in [0.2, 0.25) is 0 Å². The quantitative estimate of drug-likeness (QED) is 0.363. The Hall–Kier alpha value is -0.670. The van der Waals surface area contributed by atoms with Crippen LogP contribution in [0.3, 0.4) is 0 Å². The molecule has 0 bridgehead atoms. The molecule has 0 saturated heterocycles. The Bertz CT molecular complexity index is 468. The predicted molar refractivity (Wildman–Crippen MR) is 99.4 cm³/mol. The summed E-state index contributed by atoms with van der Waals surface area (Å²) in [6.45, 7) is 6.37. The maximum atomic E-state index is 13.3. The van der Waals surface area contributed by atoms with Crippen molar-refractivity contribution in [3.05, 3.63) is 35.9 Å². The monoisotopic (exact) mass is 356 g/mol. The lowest BCUT2D eigenvalue weighted by Crippen LogP contribution is -2.21. The van der Waals surface area contributed by atoms with Crippen LogP contribution in [0.5, 0.6) is 0 Å². The van der Waals surface area contributed by atoms with E-state index in [9.17, 15) is 9.67 Å². The van der Waals surface area contributed by atoms with Crippen LogP contribution in [-0.2, 0) is 13.6 Å². The largest absolute Gasteiger partial charge is 0.392 e. The minimum atomic E-state index is -3.42. The second-order valence-corrected chi connectivity index (χ2v) is 8.15. The first-order valence-corrected chi connectivity index (χ1v) is 10.8. The van der Waals surface area contributed by atoms with Crippen LogP contribution >= 0.6 is 7.60 Å². The molecule has 0 radical (unpaired) electrons. The van der Waals surface area contributed by atoms with E-state index in [0.717, 1.165) is 18.4 Å². The van der Waals surface area contributed by atoms with Crippen molar-refractivity contribution in [1.29, 1.82) is 0 Å². The number of aliphatic hydroxyl groups excluding tert-OH is 1. The summed E-state index contributed by atoms with van der Waals surface area (Å²) in [5.41, 5.74) is 0.175. The zero-order valence-electron chi connectivity index (χ0n) is 15.3. The molecular formula is C19H33O4P. The van der Waals surface area contributed by atoms with Gasteiger partial charge in [0.1, 0.15) is 5.66 Å². The maximum Gasteiger partial charge on any atom is 0.340 e. The zero-order chi connectivity index (χ0) is 17.8. The molecule has 24 heavy (non-hydrogen) atoms. The Balaban J connectivity index is 2.90. The van der Waals surface area contributed by atoms with E-state index in [1.54, 1.807) is 13.8 Å². The van der Waals surface area contributed by atoms with Crippen LogP contribution < -0.4 is 0 Å². The molecule has 0 saturated carbocycles. The molecule has 5 heteroatoms. The van der Waals surface area contributed by atoms with Crippen molar-refractivity contribution in [1.82, 2.24) is 0 Å². The summed E-state index contributed by atoms with van der Waals surface area (Å²) in [5, 5.41) is 10.8. The summed E-state index contributed by atoms with van der Waals surface area (Å²) in [5.74, 6) is 0. The van der Waals surface area contributed by atoms with E-state index in [1.807, 2.05) is 30.3 Å². The van der Waals surface area contributed by atoms with Gasteiger partial charge in [-0.1, -0.05) is 69.4 Å². The van der Waals surface area contributed by atoms with E-state index in [2.05, 4.69) is 6.92 Å². The van der Waals surface area contributed by atoms with Crippen molar-refractivity contribution in [3.8, 4) is 0 Å². The fourth-order valence-electron chi connectivity index (χ4n) is 2.94. The van der Waals surface area contributed by atoms with Crippen LogP contribution in [0.4, 0.5) is 0 Å². The third kappa shape index (κ3) is 6.68. The molecule has 1 N–H and O–H groups in total. The summed E-state index contributed by atoms with van der Waals surface area (Å²) in [6, 6.07) is 9.45. The van der Waals surface area contributed by atoms with Crippen molar-refractivity contribution in [2.45, 2.75) is 71.1 Å². The Morgan fingerprint density at radius 2 is 1.54 bits per heavy atom. The topological polar surface area (TPSA) is 55.8 Å². The smallest absolute Gasteiger partial charge is 0.340 e. The summed E-state index contributed by atoms with van der Waals surface area (Å²) < 4.78 is 24.3. The van der Waals surface area contributed by atoms with E-state index in [1.165, 1.54) is 19.3 Å². The highest BCUT2D eigenvalue weighted by atomic mass is 31.2. The Morgan fingerprint density at radius 3 is 2.08 bits per heavy atom. The highest BCUT2D eigenvalue weighted by Crippen LogP contribution is 2.62. The number of benzene rings is 1. The van der Waals surface area contributed by atoms with Gasteiger partial charge in [-0.25, -0.2) is 0 Å². The molecule has 0 aliphatic rings. The first-order chi connectivity index (χ1) is 11.6. The second-order valence-electron chi connectivity index (χ2n) is 6.00. The molecule has 1 rings (SSSR count). The Kier molecular flexibility index (Phi) is 10.5. The van der Waals surface area contributed by atoms with Crippen molar-refractivity contribution in [2.24, 2.45) is 0 Å². The summed E-state index contributed by atoms with van der Waals surface area (Å²) in [7, 11) is -3.42. The molecule has 4 nitrogen and oxygen atoms in total. The molecule has 1 aromatic carbocycles. The van der Waals surface area contributed by atoms with Gasteiger partial charge in [0.15, 0.2) is 0 Å². The van der Waals surface area contributed by atoms with Crippen LogP contribution in [0.1, 0.15) is 70.5 Å². The highest BCUT2D eigenvalue weighted by molar-refractivity contribution is 7.54. The first-order valence-electron chi connectivity index (χ1n) is 9.20. The maximum absolute atomic E-state index is 13.3. The first kappa shape index (κ1) is 21.4. The van der Waals surface area contributed by atoms with Gasteiger partial charge >= 0.3 is 7.60 Å². The number of unbranched alkanes of at least 4 members (excludes halogenated alkanes) is 4. The van der Waals surface area contributed by atoms with Crippen molar-refractivity contribution >= 4 is 7.60 Å². The molecule has 0 aliphatic carbocycles. The van der Waals surface area contributed by atoms with Crippen LogP contribution in [-0.4, -0.2) is 24.4 Å². The average molecular weight is 356 g/mol. The minimum Gasteiger partial charge on any atom is -0.392 e. The van der Waals surface area contributed by atoms with Gasteiger partial charge in [0.25, 0.3) is 0 Å². The van der Waals surface area contributed by atoms with Gasteiger partial charge in [-0.05, 0) is 25.8 Å². The van der Waals surface area contributed by atoms with Crippen molar-refractivity contribution in [2.75, 3.05) is 13.2 Å². The predicted octanol–water partition coefficient (Wildman–Crippen LogP) is 5.72. The fraction of sp³-hybridized carbons (Fsp3) is 0.684. The van der Waals surface area contributed by atoms with Gasteiger partial charge in [-0.3, -0.25) is 4.57 Å². The molecule has 0 heterocycles. The normalized spacial score (nSPS) is 14.5. The SMILES string of the molecule is CCCCCCCC(O)C(c1ccccc1)P(=O)(OCC)OCC. The second kappa shape index (κ2) is 11.8. The number of hydrogen-bond acceptors (Lipinski definition) is 4. The van der Waals surface area contributed by atoms with Gasteiger partial charge in [0, 0.05) is 0 Å². The molecule has 0 fully saturated rings. The molecule has 0 aromatic heterocycles. The minimum absolute atomic E-state index is 0.295. The van der Waals surface area contributed by atoms with Gasteiger partial charge in [-0.15, -0.1) is 0 Å². The van der Waals surface area contributed by atoms with Crippen molar-refractivity contribution < 1.29 is 18.7 Å². The molecular weight excluding hydrogens is 323 g/mol. The fourth-order valence-corrected chi connectivity index (χ4v) is 5.16. The third-order valence-electron chi connectivity index (χ3n) is 4.07. The summed E-state index contributed by atoms with van der Waals surface area (Å²) in [6.07, 6.45) is 5.45. The van der Waals surface area contributed by atoms with Crippen LogP contribution in [0, 0.1) is 0 Å². The highest BCUT2D eigenvalue weighted by Gasteiger charge is 2.41. The number of aliphatic hydroxyl groups is 1. The summed E-state index contributed by atoms with van der Waals surface area (Å²) in [4.78, 5) is 0. The van der Waals surface area contributed by atoms with E-state index in [-0.39, 0.29) is 0 Å². The lowest BCUT2D eigenvalue weighted by atomic mass is 10.0. The van der Waals surface area contributed by atoms with E-state index < -0.39 is 19.4 Å². The number of rotatable bonds is 13. The zero-order valence-corrected chi connectivity index (χ0v) is 16.2. The lowest BCUT2D eigenvalue weighted by molar-refractivity contribution is 0.128.